The van der Waals surface area contributed by atoms with Gasteiger partial charge in [0.15, 0.2) is 0 Å². The fourth-order valence-electron chi connectivity index (χ4n) is 0.853. The molecule has 1 aliphatic rings. The molecule has 2 rings (SSSR count). The summed E-state index contributed by atoms with van der Waals surface area (Å²) in [6.45, 7) is 0.764. The van der Waals surface area contributed by atoms with Crippen molar-refractivity contribution in [1.82, 2.24) is 4.98 Å². The minimum absolute atomic E-state index is 0.192. The Labute approximate surface area is 74.1 Å². The van der Waals surface area contributed by atoms with E-state index in [1.165, 1.54) is 0 Å². The van der Waals surface area contributed by atoms with E-state index in [0.29, 0.717) is 10.2 Å². The van der Waals surface area contributed by atoms with Crippen molar-refractivity contribution in [3.05, 3.63) is 28.0 Å². The van der Waals surface area contributed by atoms with Gasteiger partial charge >= 0.3 is 0 Å². The van der Waals surface area contributed by atoms with Crippen molar-refractivity contribution in [2.45, 2.75) is 6.10 Å². The number of halogens is 2. The monoisotopic (exact) mass is 189 g/mol. The Balaban J connectivity index is 2.36. The van der Waals surface area contributed by atoms with Crippen molar-refractivity contribution < 1.29 is 4.74 Å². The third-order valence-electron chi connectivity index (χ3n) is 1.52. The molecule has 1 atom stereocenters. The highest BCUT2D eigenvalue weighted by Gasteiger charge is 2.25. The summed E-state index contributed by atoms with van der Waals surface area (Å²) in [5.41, 5.74) is 0.999. The highest BCUT2D eigenvalue weighted by Crippen LogP contribution is 2.32. The lowest BCUT2D eigenvalue weighted by Gasteiger charge is -1.96. The van der Waals surface area contributed by atoms with Crippen LogP contribution in [-0.2, 0) is 4.74 Å². The summed E-state index contributed by atoms with van der Waals surface area (Å²) in [5.74, 6) is 0. The maximum atomic E-state index is 5.74. The lowest BCUT2D eigenvalue weighted by Crippen LogP contribution is -1.83. The number of rotatable bonds is 1. The van der Waals surface area contributed by atoms with E-state index >= 15 is 0 Å². The van der Waals surface area contributed by atoms with E-state index in [-0.39, 0.29) is 6.10 Å². The zero-order valence-electron chi connectivity index (χ0n) is 5.55. The molecule has 4 heteroatoms. The maximum absolute atomic E-state index is 5.74. The van der Waals surface area contributed by atoms with Crippen LogP contribution in [0.4, 0.5) is 0 Å². The molecule has 1 fully saturated rings. The Hall–Kier alpha value is -0.310. The largest absolute Gasteiger partial charge is 0.368 e. The molecule has 0 bridgehead atoms. The third kappa shape index (κ3) is 1.48. The molecule has 0 aromatic carbocycles. The Kier molecular flexibility index (Phi) is 1.75. The van der Waals surface area contributed by atoms with Gasteiger partial charge in [0, 0.05) is 11.8 Å². The highest BCUT2D eigenvalue weighted by molar-refractivity contribution is 6.41. The van der Waals surface area contributed by atoms with Gasteiger partial charge in [0.1, 0.15) is 11.3 Å². The maximum Gasteiger partial charge on any atom is 0.147 e. The summed E-state index contributed by atoms with van der Waals surface area (Å²) >= 11 is 11.4. The van der Waals surface area contributed by atoms with E-state index in [1.54, 1.807) is 12.3 Å². The molecule has 0 radical (unpaired) electrons. The fourth-order valence-corrected chi connectivity index (χ4v) is 1.13. The molecule has 0 saturated carbocycles. The molecule has 11 heavy (non-hydrogen) atoms. The van der Waals surface area contributed by atoms with Gasteiger partial charge in [0.2, 0.25) is 0 Å². The van der Waals surface area contributed by atoms with Crippen LogP contribution >= 0.6 is 23.2 Å². The zero-order chi connectivity index (χ0) is 7.84. The van der Waals surface area contributed by atoms with Gasteiger partial charge < -0.3 is 4.74 Å². The Bertz CT molecular complexity index is 286. The summed E-state index contributed by atoms with van der Waals surface area (Å²) in [6, 6.07) is 1.79. The number of hydrogen-bond acceptors (Lipinski definition) is 2. The first-order valence-electron chi connectivity index (χ1n) is 3.20. The number of pyridine rings is 1. The molecule has 1 aromatic rings. The van der Waals surface area contributed by atoms with Gasteiger partial charge in [-0.15, -0.1) is 0 Å². The average Bonchev–Trinajstić information content (AvgIpc) is 2.77. The van der Waals surface area contributed by atoms with E-state index in [2.05, 4.69) is 4.98 Å². The van der Waals surface area contributed by atoms with Crippen molar-refractivity contribution in [3.63, 3.8) is 0 Å². The molecule has 0 amide bonds. The lowest BCUT2D eigenvalue weighted by atomic mass is 10.2. The van der Waals surface area contributed by atoms with E-state index in [0.717, 1.165) is 12.2 Å². The second-order valence-corrected chi connectivity index (χ2v) is 3.13. The van der Waals surface area contributed by atoms with Crippen molar-refractivity contribution in [3.8, 4) is 0 Å². The van der Waals surface area contributed by atoms with Crippen LogP contribution in [0.3, 0.4) is 0 Å². The molecular formula is C7H5Cl2NO. The van der Waals surface area contributed by atoms with Crippen LogP contribution in [0, 0.1) is 0 Å². The second kappa shape index (κ2) is 2.63. The van der Waals surface area contributed by atoms with Crippen LogP contribution in [0.2, 0.25) is 10.2 Å². The molecule has 2 nitrogen and oxygen atoms in total. The highest BCUT2D eigenvalue weighted by atomic mass is 35.5. The molecule has 58 valence electrons. The lowest BCUT2D eigenvalue weighted by molar-refractivity contribution is 0.415. The molecular weight excluding hydrogens is 185 g/mol. The molecule has 0 unspecified atom stereocenters. The van der Waals surface area contributed by atoms with Crippen LogP contribution in [0.25, 0.3) is 0 Å². The number of hydrogen-bond donors (Lipinski definition) is 0. The predicted molar refractivity (Wildman–Crippen MR) is 43.0 cm³/mol. The van der Waals surface area contributed by atoms with Crippen molar-refractivity contribution in [2.75, 3.05) is 6.61 Å². The first-order valence-corrected chi connectivity index (χ1v) is 3.95. The first-order chi connectivity index (χ1) is 5.27. The Morgan fingerprint density at radius 1 is 1.55 bits per heavy atom. The summed E-state index contributed by atoms with van der Waals surface area (Å²) in [4.78, 5) is 3.89. The van der Waals surface area contributed by atoms with Crippen LogP contribution in [0.15, 0.2) is 12.3 Å². The van der Waals surface area contributed by atoms with Gasteiger partial charge in [-0.05, 0) is 6.07 Å². The van der Waals surface area contributed by atoms with Crippen molar-refractivity contribution in [2.24, 2.45) is 0 Å². The van der Waals surface area contributed by atoms with E-state index in [4.69, 9.17) is 27.9 Å². The topological polar surface area (TPSA) is 25.4 Å². The SMILES string of the molecule is Clc1cc([C@H]2CO2)cnc1Cl. The first kappa shape index (κ1) is 7.35. The number of nitrogens with zero attached hydrogens (tertiary/aromatic N) is 1. The van der Waals surface area contributed by atoms with Gasteiger partial charge in [0.25, 0.3) is 0 Å². The fraction of sp³-hybridized carbons (Fsp3) is 0.286. The van der Waals surface area contributed by atoms with E-state index in [9.17, 15) is 0 Å². The van der Waals surface area contributed by atoms with Gasteiger partial charge in [0.05, 0.1) is 11.6 Å². The summed E-state index contributed by atoms with van der Waals surface area (Å²) < 4.78 is 5.05. The third-order valence-corrected chi connectivity index (χ3v) is 2.21. The molecule has 1 saturated heterocycles. The van der Waals surface area contributed by atoms with Gasteiger partial charge in [-0.2, -0.15) is 0 Å². The molecule has 1 aromatic heterocycles. The van der Waals surface area contributed by atoms with Gasteiger partial charge in [-0.3, -0.25) is 0 Å². The van der Waals surface area contributed by atoms with Crippen LogP contribution in [-0.4, -0.2) is 11.6 Å². The number of aromatic nitrogens is 1. The Morgan fingerprint density at radius 2 is 2.27 bits per heavy atom. The standard InChI is InChI=1S/C7H5Cl2NO/c8-5-1-4(6-3-11-6)2-10-7(5)9/h1-2,6H,3H2/t6-/m1/s1. The second-order valence-electron chi connectivity index (χ2n) is 2.36. The van der Waals surface area contributed by atoms with Gasteiger partial charge in [-0.1, -0.05) is 23.2 Å². The Morgan fingerprint density at radius 3 is 2.82 bits per heavy atom. The average molecular weight is 190 g/mol. The van der Waals surface area contributed by atoms with E-state index in [1.807, 2.05) is 0 Å². The smallest absolute Gasteiger partial charge is 0.147 e. The molecule has 2 heterocycles. The van der Waals surface area contributed by atoms with Crippen molar-refractivity contribution in [1.29, 1.82) is 0 Å². The van der Waals surface area contributed by atoms with Crippen LogP contribution in [0.1, 0.15) is 11.7 Å². The molecule has 0 spiro atoms. The minimum atomic E-state index is 0.192. The van der Waals surface area contributed by atoms with Crippen molar-refractivity contribution >= 4 is 23.2 Å². The summed E-state index contributed by atoms with van der Waals surface area (Å²) in [5, 5.41) is 0.829. The normalized spacial score (nSPS) is 21.8. The predicted octanol–water partition coefficient (Wildman–Crippen LogP) is 2.46. The molecule has 0 aliphatic carbocycles. The zero-order valence-corrected chi connectivity index (χ0v) is 7.06. The van der Waals surface area contributed by atoms with Crippen LogP contribution < -0.4 is 0 Å². The van der Waals surface area contributed by atoms with Crippen LogP contribution in [0.5, 0.6) is 0 Å². The summed E-state index contributed by atoms with van der Waals surface area (Å²) in [7, 11) is 0. The minimum Gasteiger partial charge on any atom is -0.368 e. The molecule has 1 aliphatic heterocycles. The molecule has 0 N–H and O–H groups in total. The number of epoxide rings is 1. The number of ether oxygens (including phenoxy) is 1. The summed E-state index contributed by atoms with van der Waals surface area (Å²) in [6.07, 6.45) is 1.88. The quantitative estimate of drug-likeness (QED) is 0.502. The van der Waals surface area contributed by atoms with Gasteiger partial charge in [-0.25, -0.2) is 4.98 Å². The van der Waals surface area contributed by atoms with E-state index < -0.39 is 0 Å².